The maximum absolute atomic E-state index is 12.6. The van der Waals surface area contributed by atoms with E-state index in [1.165, 1.54) is 29.1 Å². The molecule has 3 heterocycles. The molecule has 2 aromatic rings. The zero-order valence-electron chi connectivity index (χ0n) is 18.7. The van der Waals surface area contributed by atoms with Crippen LogP contribution in [-0.2, 0) is 11.3 Å². The van der Waals surface area contributed by atoms with Crippen LogP contribution in [-0.4, -0.2) is 89.2 Å². The van der Waals surface area contributed by atoms with Crippen LogP contribution in [0.25, 0.3) is 0 Å². The van der Waals surface area contributed by atoms with Crippen molar-refractivity contribution >= 4 is 17.7 Å². The van der Waals surface area contributed by atoms with Crippen LogP contribution >= 0.6 is 0 Å². The van der Waals surface area contributed by atoms with Crippen LogP contribution in [0.5, 0.6) is 0 Å². The second kappa shape index (κ2) is 9.70. The molecular weight excluding hydrogens is 410 g/mol. The third kappa shape index (κ3) is 4.94. The van der Waals surface area contributed by atoms with Crippen molar-refractivity contribution in [3.8, 4) is 0 Å². The summed E-state index contributed by atoms with van der Waals surface area (Å²) < 4.78 is 6.63. The first-order valence-corrected chi connectivity index (χ1v) is 11.1. The number of hydrogen-bond acceptors (Lipinski definition) is 6. The van der Waals surface area contributed by atoms with E-state index in [0.717, 1.165) is 50.2 Å². The van der Waals surface area contributed by atoms with E-state index in [4.69, 9.17) is 9.84 Å². The minimum absolute atomic E-state index is 0.126. The number of piperazine rings is 1. The quantitative estimate of drug-likeness (QED) is 0.761. The number of ether oxygens (including phenoxy) is 1. The largest absolute Gasteiger partial charge is 0.476 e. The number of aromatic carboxylic acids is 1. The molecule has 0 unspecified atom stereocenters. The van der Waals surface area contributed by atoms with Gasteiger partial charge < -0.3 is 19.6 Å². The van der Waals surface area contributed by atoms with Gasteiger partial charge in [0, 0.05) is 64.8 Å². The highest BCUT2D eigenvalue weighted by Gasteiger charge is 2.25. The third-order valence-electron chi connectivity index (χ3n) is 6.40. The number of amides is 1. The van der Waals surface area contributed by atoms with Gasteiger partial charge in [0.2, 0.25) is 0 Å². The normalized spacial score (nSPS) is 18.2. The number of anilines is 1. The van der Waals surface area contributed by atoms with Crippen LogP contribution in [0.1, 0.15) is 34.5 Å². The van der Waals surface area contributed by atoms with Crippen molar-refractivity contribution in [2.24, 2.45) is 0 Å². The van der Waals surface area contributed by atoms with E-state index in [1.807, 2.05) is 0 Å². The number of methoxy groups -OCH3 is 1. The molecule has 1 aromatic heterocycles. The molecule has 0 spiro atoms. The van der Waals surface area contributed by atoms with Crippen molar-refractivity contribution in [1.82, 2.24) is 19.6 Å². The Kier molecular flexibility index (Phi) is 6.76. The number of aromatic nitrogens is 2. The molecule has 9 heteroatoms. The molecule has 2 aliphatic rings. The fourth-order valence-corrected chi connectivity index (χ4v) is 4.46. The predicted molar refractivity (Wildman–Crippen MR) is 120 cm³/mol. The molecule has 1 N–H and O–H groups in total. The molecule has 2 aliphatic heterocycles. The average molecular weight is 442 g/mol. The molecular formula is C23H31N5O4. The van der Waals surface area contributed by atoms with Crippen molar-refractivity contribution in [3.05, 3.63) is 47.3 Å². The first kappa shape index (κ1) is 22.3. The van der Waals surface area contributed by atoms with E-state index >= 15 is 0 Å². The molecule has 0 aliphatic carbocycles. The molecule has 4 rings (SSSR count). The Morgan fingerprint density at radius 1 is 1.09 bits per heavy atom. The predicted octanol–water partition coefficient (Wildman–Crippen LogP) is 2.29. The molecule has 1 amide bonds. The van der Waals surface area contributed by atoms with Crippen molar-refractivity contribution in [1.29, 1.82) is 0 Å². The summed E-state index contributed by atoms with van der Waals surface area (Å²) in [5.74, 6) is -1.14. The summed E-state index contributed by atoms with van der Waals surface area (Å²) in [5, 5.41) is 12.9. The van der Waals surface area contributed by atoms with Gasteiger partial charge in [-0.15, -0.1) is 0 Å². The number of carboxylic acid groups (broad SMARTS) is 1. The Balaban J connectivity index is 1.37. The Bertz CT molecular complexity index is 959. The lowest BCUT2D eigenvalue weighted by Gasteiger charge is -2.37. The average Bonchev–Trinajstić information content (AvgIpc) is 3.31. The molecule has 2 fully saturated rings. The minimum atomic E-state index is -1.14. The van der Waals surface area contributed by atoms with Gasteiger partial charge >= 0.3 is 12.0 Å². The maximum Gasteiger partial charge on any atom is 0.356 e. The highest BCUT2D eigenvalue weighted by Crippen LogP contribution is 2.28. The number of carbonyl (C=O) groups excluding carboxylic acids is 1. The van der Waals surface area contributed by atoms with E-state index in [2.05, 4.69) is 40.0 Å². The SMILES string of the molecule is COC1CCN(c2cc(C)ccc2CN2CCN(C(=O)n3ccc(C(=O)O)n3)CC2)CC1. The van der Waals surface area contributed by atoms with E-state index in [0.29, 0.717) is 19.2 Å². The number of aryl methyl sites for hydroxylation is 1. The van der Waals surface area contributed by atoms with Crippen LogP contribution in [0, 0.1) is 6.92 Å². The number of carboxylic acids is 1. The number of nitrogens with zero attached hydrogens (tertiary/aromatic N) is 5. The number of benzene rings is 1. The second-order valence-electron chi connectivity index (χ2n) is 8.55. The fraction of sp³-hybridized carbons (Fsp3) is 0.522. The molecule has 2 saturated heterocycles. The van der Waals surface area contributed by atoms with E-state index in [-0.39, 0.29) is 11.7 Å². The number of rotatable bonds is 5. The van der Waals surface area contributed by atoms with Gasteiger partial charge in [-0.3, -0.25) is 4.90 Å². The Labute approximate surface area is 188 Å². The number of carbonyl (C=O) groups is 2. The Hall–Kier alpha value is -2.91. The van der Waals surface area contributed by atoms with Gasteiger partial charge in [0.25, 0.3) is 0 Å². The molecule has 0 bridgehead atoms. The highest BCUT2D eigenvalue weighted by molar-refractivity contribution is 5.86. The molecule has 0 radical (unpaired) electrons. The van der Waals surface area contributed by atoms with Gasteiger partial charge in [0.05, 0.1) is 6.10 Å². The summed E-state index contributed by atoms with van der Waals surface area (Å²) in [4.78, 5) is 30.2. The lowest BCUT2D eigenvalue weighted by Crippen LogP contribution is -2.49. The topological polar surface area (TPSA) is 91.1 Å². The molecule has 172 valence electrons. The van der Waals surface area contributed by atoms with Crippen LogP contribution in [0.4, 0.5) is 10.5 Å². The first-order valence-electron chi connectivity index (χ1n) is 11.1. The number of hydrogen-bond donors (Lipinski definition) is 1. The molecule has 9 nitrogen and oxygen atoms in total. The summed E-state index contributed by atoms with van der Waals surface area (Å²) in [5.41, 5.74) is 3.74. The summed E-state index contributed by atoms with van der Waals surface area (Å²) >= 11 is 0. The van der Waals surface area contributed by atoms with Crippen molar-refractivity contribution < 1.29 is 19.4 Å². The summed E-state index contributed by atoms with van der Waals surface area (Å²) in [6, 6.07) is 7.72. The molecule has 0 atom stereocenters. The van der Waals surface area contributed by atoms with Crippen molar-refractivity contribution in [2.75, 3.05) is 51.3 Å². The van der Waals surface area contributed by atoms with Crippen molar-refractivity contribution in [3.63, 3.8) is 0 Å². The minimum Gasteiger partial charge on any atom is -0.476 e. The number of piperidine rings is 1. The van der Waals surface area contributed by atoms with Gasteiger partial charge in [-0.25, -0.2) is 9.59 Å². The maximum atomic E-state index is 12.6. The first-order chi connectivity index (χ1) is 15.4. The molecule has 0 saturated carbocycles. The van der Waals surface area contributed by atoms with Gasteiger partial charge in [0.15, 0.2) is 5.69 Å². The Morgan fingerprint density at radius 3 is 2.44 bits per heavy atom. The van der Waals surface area contributed by atoms with E-state index in [9.17, 15) is 9.59 Å². The zero-order valence-corrected chi connectivity index (χ0v) is 18.7. The summed E-state index contributed by atoms with van der Waals surface area (Å²) in [6.45, 7) is 7.66. The van der Waals surface area contributed by atoms with Gasteiger partial charge in [-0.1, -0.05) is 12.1 Å². The van der Waals surface area contributed by atoms with Crippen LogP contribution < -0.4 is 4.90 Å². The Morgan fingerprint density at radius 2 is 1.81 bits per heavy atom. The standard InChI is InChI=1S/C23H31N5O4/c1-17-3-4-18(21(15-17)26-8-5-19(32-2)6-9-26)16-25-11-13-27(14-12-25)23(31)28-10-7-20(24-28)22(29)30/h3-4,7,10,15,19H,5-6,8-9,11-14,16H2,1-2H3,(H,29,30). The lowest BCUT2D eigenvalue weighted by atomic mass is 10.0. The van der Waals surface area contributed by atoms with E-state index < -0.39 is 5.97 Å². The van der Waals surface area contributed by atoms with Crippen molar-refractivity contribution in [2.45, 2.75) is 32.4 Å². The smallest absolute Gasteiger partial charge is 0.356 e. The summed E-state index contributed by atoms with van der Waals surface area (Å²) in [7, 11) is 1.79. The molecule has 32 heavy (non-hydrogen) atoms. The van der Waals surface area contributed by atoms with Crippen LogP contribution in [0.2, 0.25) is 0 Å². The highest BCUT2D eigenvalue weighted by atomic mass is 16.5. The van der Waals surface area contributed by atoms with Gasteiger partial charge in [-0.05, 0) is 43.0 Å². The van der Waals surface area contributed by atoms with Crippen LogP contribution in [0.3, 0.4) is 0 Å². The zero-order chi connectivity index (χ0) is 22.7. The van der Waals surface area contributed by atoms with Crippen LogP contribution in [0.15, 0.2) is 30.5 Å². The monoisotopic (exact) mass is 441 g/mol. The molecule has 1 aromatic carbocycles. The van der Waals surface area contributed by atoms with Gasteiger partial charge in [-0.2, -0.15) is 9.78 Å². The fourth-order valence-electron chi connectivity index (χ4n) is 4.46. The summed E-state index contributed by atoms with van der Waals surface area (Å²) in [6.07, 6.45) is 3.85. The lowest BCUT2D eigenvalue weighted by molar-refractivity contribution is 0.0689. The van der Waals surface area contributed by atoms with Gasteiger partial charge in [0.1, 0.15) is 0 Å². The second-order valence-corrected chi connectivity index (χ2v) is 8.55. The third-order valence-corrected chi connectivity index (χ3v) is 6.40. The van der Waals surface area contributed by atoms with E-state index in [1.54, 1.807) is 12.0 Å².